The molecular weight excluding hydrogens is 362 g/mol. The van der Waals surface area contributed by atoms with E-state index in [0.29, 0.717) is 28.8 Å². The highest BCUT2D eigenvalue weighted by molar-refractivity contribution is 5.91. The van der Waals surface area contributed by atoms with Crippen molar-refractivity contribution in [3.8, 4) is 17.2 Å². The van der Waals surface area contributed by atoms with Crippen LogP contribution in [0.25, 0.3) is 0 Å². The first kappa shape index (κ1) is 17.1. The van der Waals surface area contributed by atoms with Crippen LogP contribution in [0.15, 0.2) is 6.07 Å². The van der Waals surface area contributed by atoms with Gasteiger partial charge in [0, 0.05) is 30.7 Å². The minimum Gasteiger partial charge on any atom is -0.504 e. The molecule has 1 saturated heterocycles. The summed E-state index contributed by atoms with van der Waals surface area (Å²) in [6.07, 6.45) is 1.12. The minimum atomic E-state index is -1.50. The Morgan fingerprint density at radius 2 is 2.04 bits per heavy atom. The van der Waals surface area contributed by atoms with Crippen LogP contribution in [0.4, 0.5) is 0 Å². The molecule has 2 aliphatic heterocycles. The summed E-state index contributed by atoms with van der Waals surface area (Å²) in [7, 11) is 2.15. The number of carbonyl (C=O) groups excluding carboxylic acids is 1. The third-order valence-electron chi connectivity index (χ3n) is 8.42. The van der Waals surface area contributed by atoms with Gasteiger partial charge in [-0.15, -0.1) is 0 Å². The van der Waals surface area contributed by atoms with E-state index in [2.05, 4.69) is 7.05 Å². The second kappa shape index (κ2) is 4.83. The Morgan fingerprint density at radius 3 is 2.75 bits per heavy atom. The standard InChI is InChI=1S/C21H25NO6/c1-22(9-10-2-3-10)5-4-20-16-11-6-12(23)17(26)18(16)28-19(20)13(24)8-15(25)21(20,27)14(22)7-11/h6,10,14-15,19,25,27H,2-5,7-9H2,1H3,(H-,23,26)/p+1/t14-,15?,19+,20+,21+,22-/m1/s1. The molecule has 1 aromatic rings. The Labute approximate surface area is 162 Å². The maximum absolute atomic E-state index is 12.9. The molecule has 4 N–H and O–H groups in total. The molecule has 1 unspecified atom stereocenters. The average molecular weight is 388 g/mol. The van der Waals surface area contributed by atoms with E-state index in [4.69, 9.17) is 4.74 Å². The molecule has 2 saturated carbocycles. The maximum atomic E-state index is 12.9. The van der Waals surface area contributed by atoms with Crippen LogP contribution in [-0.2, 0) is 16.6 Å². The van der Waals surface area contributed by atoms with Crippen molar-refractivity contribution in [2.45, 2.75) is 61.4 Å². The average Bonchev–Trinajstić information content (AvgIpc) is 3.36. The Hall–Kier alpha value is -1.83. The summed E-state index contributed by atoms with van der Waals surface area (Å²) >= 11 is 0. The number of piperidine rings is 1. The number of benzene rings is 1. The number of aromatic hydroxyl groups is 2. The molecule has 1 spiro atoms. The van der Waals surface area contributed by atoms with E-state index in [1.54, 1.807) is 6.07 Å². The molecule has 0 amide bonds. The number of ether oxygens (including phenoxy) is 1. The van der Waals surface area contributed by atoms with Gasteiger partial charge in [0.05, 0.1) is 31.7 Å². The minimum absolute atomic E-state index is 0.109. The second-order valence-corrected chi connectivity index (χ2v) is 9.89. The normalized spacial score (nSPS) is 45.5. The van der Waals surface area contributed by atoms with Crippen molar-refractivity contribution in [2.24, 2.45) is 5.92 Å². The predicted molar refractivity (Wildman–Crippen MR) is 97.2 cm³/mol. The molecule has 150 valence electrons. The fraction of sp³-hybridized carbons (Fsp3) is 0.667. The third-order valence-corrected chi connectivity index (χ3v) is 8.42. The topological polar surface area (TPSA) is 107 Å². The van der Waals surface area contributed by atoms with Gasteiger partial charge in [0.2, 0.25) is 5.75 Å². The van der Waals surface area contributed by atoms with E-state index in [9.17, 15) is 25.2 Å². The Balaban J connectivity index is 1.64. The number of likely N-dealkylation sites (N-methyl/N-ethyl adjacent to an activating group) is 1. The fourth-order valence-corrected chi connectivity index (χ4v) is 7.03. The van der Waals surface area contributed by atoms with Gasteiger partial charge < -0.3 is 29.6 Å². The summed E-state index contributed by atoms with van der Waals surface area (Å²) in [5.41, 5.74) is -1.14. The number of aliphatic hydroxyl groups is 2. The monoisotopic (exact) mass is 388 g/mol. The van der Waals surface area contributed by atoms with Crippen molar-refractivity contribution in [1.29, 1.82) is 0 Å². The first-order valence-electron chi connectivity index (χ1n) is 10.2. The lowest BCUT2D eigenvalue weighted by Gasteiger charge is -2.65. The van der Waals surface area contributed by atoms with Gasteiger partial charge in [-0.3, -0.25) is 4.79 Å². The molecule has 0 radical (unpaired) electrons. The van der Waals surface area contributed by atoms with Gasteiger partial charge in [0.1, 0.15) is 6.04 Å². The van der Waals surface area contributed by atoms with Crippen molar-refractivity contribution < 1.29 is 34.4 Å². The first-order valence-corrected chi connectivity index (χ1v) is 10.2. The largest absolute Gasteiger partial charge is 0.504 e. The molecular formula is C21H26NO6+. The zero-order chi connectivity index (χ0) is 19.6. The lowest BCUT2D eigenvalue weighted by molar-refractivity contribution is -0.951. The second-order valence-electron chi connectivity index (χ2n) is 9.89. The Bertz CT molecular complexity index is 928. The molecule has 2 heterocycles. The smallest absolute Gasteiger partial charge is 0.200 e. The van der Waals surface area contributed by atoms with Crippen LogP contribution in [0.3, 0.4) is 0 Å². The summed E-state index contributed by atoms with van der Waals surface area (Å²) in [5.74, 6) is -0.149. The lowest BCUT2D eigenvalue weighted by atomic mass is 9.47. The number of hydrogen-bond acceptors (Lipinski definition) is 6. The molecule has 3 fully saturated rings. The van der Waals surface area contributed by atoms with Gasteiger partial charge in [-0.2, -0.15) is 0 Å². The quantitative estimate of drug-likeness (QED) is 0.430. The maximum Gasteiger partial charge on any atom is 0.200 e. The van der Waals surface area contributed by atoms with Gasteiger partial charge in [-0.25, -0.2) is 0 Å². The molecule has 0 aromatic heterocycles. The predicted octanol–water partition coefficient (Wildman–Crippen LogP) is 0.346. The Kier molecular flexibility index (Phi) is 2.94. The number of Topliss-reactive ketones (excluding diaryl/α,β-unsaturated/α-hetero) is 1. The number of ketones is 1. The van der Waals surface area contributed by atoms with E-state index in [-0.39, 0.29) is 35.5 Å². The number of hydrogen-bond donors (Lipinski definition) is 4. The molecule has 28 heavy (non-hydrogen) atoms. The fourth-order valence-electron chi connectivity index (χ4n) is 7.03. The highest BCUT2D eigenvalue weighted by Crippen LogP contribution is 2.66. The molecule has 7 heteroatoms. The van der Waals surface area contributed by atoms with E-state index in [0.717, 1.165) is 18.7 Å². The number of carbonyl (C=O) groups is 1. The van der Waals surface area contributed by atoms with Crippen LogP contribution in [0.5, 0.6) is 17.2 Å². The van der Waals surface area contributed by atoms with E-state index < -0.39 is 23.2 Å². The number of phenols is 2. The van der Waals surface area contributed by atoms with Gasteiger partial charge in [-0.1, -0.05) is 0 Å². The summed E-state index contributed by atoms with van der Waals surface area (Å²) in [6.45, 7) is 1.73. The highest BCUT2D eigenvalue weighted by Gasteiger charge is 2.79. The number of rotatable bonds is 2. The van der Waals surface area contributed by atoms with Crippen molar-refractivity contribution in [1.82, 2.24) is 0 Å². The van der Waals surface area contributed by atoms with Crippen LogP contribution >= 0.6 is 0 Å². The Morgan fingerprint density at radius 1 is 1.29 bits per heavy atom. The van der Waals surface area contributed by atoms with Gasteiger partial charge in [-0.05, 0) is 24.5 Å². The van der Waals surface area contributed by atoms with Gasteiger partial charge >= 0.3 is 0 Å². The van der Waals surface area contributed by atoms with Gasteiger partial charge in [0.25, 0.3) is 0 Å². The van der Waals surface area contributed by atoms with Crippen molar-refractivity contribution >= 4 is 5.78 Å². The van der Waals surface area contributed by atoms with Crippen LogP contribution in [0.2, 0.25) is 0 Å². The molecule has 7 nitrogen and oxygen atoms in total. The zero-order valence-corrected chi connectivity index (χ0v) is 15.9. The number of phenolic OH excluding ortho intramolecular Hbond substituents is 2. The van der Waals surface area contributed by atoms with Crippen molar-refractivity contribution in [3.05, 3.63) is 17.2 Å². The molecule has 3 aliphatic carbocycles. The molecule has 6 rings (SSSR count). The number of aliphatic hydroxyl groups excluding tert-OH is 1. The number of nitrogens with zero attached hydrogens (tertiary/aromatic N) is 1. The van der Waals surface area contributed by atoms with Crippen molar-refractivity contribution in [2.75, 3.05) is 20.1 Å². The third kappa shape index (κ3) is 1.67. The molecule has 5 aliphatic rings. The number of quaternary nitrogens is 1. The van der Waals surface area contributed by atoms with Crippen LogP contribution < -0.4 is 4.74 Å². The van der Waals surface area contributed by atoms with E-state index in [1.165, 1.54) is 12.8 Å². The summed E-state index contributed by atoms with van der Waals surface area (Å²) in [4.78, 5) is 12.9. The first-order chi connectivity index (χ1) is 13.2. The van der Waals surface area contributed by atoms with Crippen LogP contribution in [0.1, 0.15) is 36.8 Å². The van der Waals surface area contributed by atoms with E-state index >= 15 is 0 Å². The summed E-state index contributed by atoms with van der Waals surface area (Å²) < 4.78 is 6.59. The zero-order valence-electron chi connectivity index (χ0n) is 15.9. The van der Waals surface area contributed by atoms with Crippen molar-refractivity contribution in [3.63, 3.8) is 0 Å². The highest BCUT2D eigenvalue weighted by atomic mass is 16.5. The number of likely N-dealkylation sites (tertiary alicyclic amines) is 1. The van der Waals surface area contributed by atoms with E-state index in [1.807, 2.05) is 0 Å². The SMILES string of the molecule is C[N@+]1(CC2CC2)CC[C@]23c4c5cc(O)c(O)c4O[C@H]2C(=O)CC(O)[C@@]3(O)[C@H]1C5. The summed E-state index contributed by atoms with van der Waals surface area (Å²) in [5, 5.41) is 43.9. The van der Waals surface area contributed by atoms with Gasteiger partial charge in [0.15, 0.2) is 29.0 Å². The molecule has 1 aromatic carbocycles. The summed E-state index contributed by atoms with van der Waals surface area (Å²) in [6, 6.07) is 1.25. The lowest BCUT2D eigenvalue weighted by Crippen LogP contribution is -2.84. The molecule has 2 bridgehead atoms. The van der Waals surface area contributed by atoms with Crippen LogP contribution in [0, 0.1) is 5.92 Å². The molecule has 6 atom stereocenters. The van der Waals surface area contributed by atoms with Crippen LogP contribution in [-0.4, -0.2) is 74.7 Å².